The topological polar surface area (TPSA) is 96.4 Å². The molecule has 0 atom stereocenters. The molecule has 309 valence electrons. The number of aliphatic hydroxyl groups excluding tert-OH is 1. The first-order valence-corrected chi connectivity index (χ1v) is 21.2. The molecular formula is C48H64MnN2O6. The van der Waals surface area contributed by atoms with Crippen molar-refractivity contribution in [1.82, 2.24) is 0 Å². The second-order valence-electron chi connectivity index (χ2n) is 13.7. The first kappa shape index (κ1) is 48.5. The Labute approximate surface area is 348 Å². The van der Waals surface area contributed by atoms with Gasteiger partial charge in [0.1, 0.15) is 17.8 Å². The van der Waals surface area contributed by atoms with Crippen molar-refractivity contribution in [2.24, 2.45) is 0 Å². The monoisotopic (exact) mass is 819 g/mol. The zero-order valence-electron chi connectivity index (χ0n) is 34.9. The summed E-state index contributed by atoms with van der Waals surface area (Å²) in [7, 11) is 3.45. The zero-order valence-corrected chi connectivity index (χ0v) is 36.1. The molecule has 0 aromatic heterocycles. The first-order valence-electron chi connectivity index (χ1n) is 20.2. The van der Waals surface area contributed by atoms with Crippen molar-refractivity contribution >= 4 is 42.0 Å². The second kappa shape index (κ2) is 29.5. The summed E-state index contributed by atoms with van der Waals surface area (Å²) in [6.45, 7) is 13.3. The number of unbranched alkanes of at least 4 members (excludes halogenated alkanes) is 4. The molecule has 4 aromatic rings. The summed E-state index contributed by atoms with van der Waals surface area (Å²) < 4.78 is 28.1. The van der Waals surface area contributed by atoms with E-state index in [0.29, 0.717) is 5.56 Å². The van der Waals surface area contributed by atoms with Gasteiger partial charge in [-0.25, -0.2) is 0 Å². The number of anilines is 2. The maximum absolute atomic E-state index is 10.8. The molecule has 8 nitrogen and oxygen atoms in total. The molecule has 0 aliphatic heterocycles. The van der Waals surface area contributed by atoms with E-state index in [1.54, 1.807) is 14.2 Å². The van der Waals surface area contributed by atoms with Gasteiger partial charge in [-0.15, -0.1) is 0 Å². The van der Waals surface area contributed by atoms with Crippen molar-refractivity contribution in [2.45, 2.75) is 85.7 Å². The Morgan fingerprint density at radius 3 is 1.21 bits per heavy atom. The minimum atomic E-state index is -1.44. The minimum absolute atomic E-state index is 0.0752. The molecule has 0 aliphatic carbocycles. The van der Waals surface area contributed by atoms with Crippen LogP contribution < -0.4 is 19.3 Å². The quantitative estimate of drug-likeness (QED) is 0.0476. The fourth-order valence-electron chi connectivity index (χ4n) is 6.00. The molecular weight excluding hydrogens is 755 g/mol. The fourth-order valence-corrected chi connectivity index (χ4v) is 6.00. The van der Waals surface area contributed by atoms with Gasteiger partial charge in [0.05, 0.1) is 20.8 Å². The number of rotatable bonds is 22. The van der Waals surface area contributed by atoms with Crippen molar-refractivity contribution in [2.75, 3.05) is 50.2 Å². The van der Waals surface area contributed by atoms with Crippen LogP contribution in [0.3, 0.4) is 0 Å². The Balaban J connectivity index is 0.000000368. The summed E-state index contributed by atoms with van der Waals surface area (Å²) in [5.41, 5.74) is 8.34. The van der Waals surface area contributed by atoms with E-state index < -0.39 is 14.8 Å². The molecule has 0 spiro atoms. The number of aldehydes is 1. The summed E-state index contributed by atoms with van der Waals surface area (Å²) in [4.78, 5) is 15.7. The molecule has 4 rings (SSSR count). The van der Waals surface area contributed by atoms with Gasteiger partial charge in [0.25, 0.3) is 0 Å². The molecule has 0 saturated carbocycles. The molecule has 0 amide bonds. The SMILES string of the molecule is CCCCN(CCCC)c1ccc(/C=C/c2ccc(C=O)cc2)c(OC)c1.CCCCN(CCCC)c1ccc(C=Cc2ccc(CO)cc2)c(OC)c1.[O]=[Mn]=[O]. The van der Waals surface area contributed by atoms with Crippen LogP contribution in [0.25, 0.3) is 24.3 Å². The molecule has 0 bridgehead atoms. The third kappa shape index (κ3) is 18.0. The first-order chi connectivity index (χ1) is 27.8. The number of methoxy groups -OCH3 is 2. The maximum atomic E-state index is 10.8. The summed E-state index contributed by atoms with van der Waals surface area (Å²) in [6.07, 6.45) is 18.7. The number of carbonyl (C=O) groups is 1. The third-order valence-electron chi connectivity index (χ3n) is 9.44. The molecule has 57 heavy (non-hydrogen) atoms. The molecule has 4 aromatic carbocycles. The molecule has 0 fully saturated rings. The van der Waals surface area contributed by atoms with Gasteiger partial charge in [-0.2, -0.15) is 0 Å². The Kier molecular flexibility index (Phi) is 25.1. The van der Waals surface area contributed by atoms with E-state index in [2.05, 4.69) is 92.1 Å². The van der Waals surface area contributed by atoms with Crippen molar-refractivity contribution in [3.8, 4) is 11.5 Å². The average Bonchev–Trinajstić information content (AvgIpc) is 3.26. The van der Waals surface area contributed by atoms with Gasteiger partial charge in [0, 0.05) is 66.4 Å². The van der Waals surface area contributed by atoms with Gasteiger partial charge < -0.3 is 24.4 Å². The molecule has 0 saturated heterocycles. The number of ether oxygens (including phenoxy) is 2. The average molecular weight is 820 g/mol. The van der Waals surface area contributed by atoms with E-state index in [4.69, 9.17) is 22.2 Å². The van der Waals surface area contributed by atoms with Crippen LogP contribution in [0, 0.1) is 0 Å². The number of carbonyl (C=O) groups excluding carboxylic acids is 1. The van der Waals surface area contributed by atoms with Crippen molar-refractivity contribution < 1.29 is 41.9 Å². The number of aliphatic hydroxyl groups is 1. The van der Waals surface area contributed by atoms with Crippen molar-refractivity contribution in [3.05, 3.63) is 118 Å². The van der Waals surface area contributed by atoms with Crippen LogP contribution in [0.5, 0.6) is 11.5 Å². The summed E-state index contributed by atoms with van der Waals surface area (Å²) in [5.74, 6) is 1.78. The Morgan fingerprint density at radius 2 is 0.895 bits per heavy atom. The summed E-state index contributed by atoms with van der Waals surface area (Å²) in [6, 6.07) is 28.4. The van der Waals surface area contributed by atoms with Crippen LogP contribution in [-0.2, 0) is 29.1 Å². The van der Waals surface area contributed by atoms with Crippen LogP contribution in [-0.4, -0.2) is 51.8 Å². The van der Waals surface area contributed by atoms with Gasteiger partial charge in [-0.3, -0.25) is 4.79 Å². The Bertz CT molecular complexity index is 1790. The predicted molar refractivity (Wildman–Crippen MR) is 233 cm³/mol. The Hall–Kier alpha value is -4.69. The van der Waals surface area contributed by atoms with Crippen molar-refractivity contribution in [1.29, 1.82) is 0 Å². The van der Waals surface area contributed by atoms with Crippen LogP contribution in [0.4, 0.5) is 11.4 Å². The zero-order chi connectivity index (χ0) is 41.7. The molecule has 0 aliphatic rings. The normalized spacial score (nSPS) is 10.6. The Morgan fingerprint density at radius 1 is 0.544 bits per heavy atom. The van der Waals surface area contributed by atoms with Gasteiger partial charge in [0.2, 0.25) is 0 Å². The summed E-state index contributed by atoms with van der Waals surface area (Å²) >= 11 is -1.44. The van der Waals surface area contributed by atoms with Crippen molar-refractivity contribution in [3.63, 3.8) is 0 Å². The number of hydrogen-bond donors (Lipinski definition) is 1. The van der Waals surface area contributed by atoms with Gasteiger partial charge >= 0.3 is 22.5 Å². The third-order valence-corrected chi connectivity index (χ3v) is 9.44. The predicted octanol–water partition coefficient (Wildman–Crippen LogP) is 11.6. The molecule has 1 N–H and O–H groups in total. The van der Waals surface area contributed by atoms with Crippen LogP contribution in [0.1, 0.15) is 117 Å². The number of nitrogens with zero attached hydrogens (tertiary/aromatic N) is 2. The van der Waals surface area contributed by atoms with Gasteiger partial charge in [-0.1, -0.05) is 126 Å². The van der Waals surface area contributed by atoms with E-state index >= 15 is 0 Å². The standard InChI is InChI=1S/C24H33NO2.C24H31NO2.Mn.2O/c2*1-4-6-16-25(17-7-5-2)23-15-14-22(24(18-23)27-3)13-12-20-8-10-21(19-26)11-9-20;;;/h8-15,18,26H,4-7,16-17,19H2,1-3H3;8-15,18-19H,4-7,16-17H2,1-3H3;;;/b;13-12+;;;. The molecule has 0 heterocycles. The van der Waals surface area contributed by atoms with E-state index in [9.17, 15) is 4.79 Å². The van der Waals surface area contributed by atoms with Crippen LogP contribution in [0.2, 0.25) is 0 Å². The van der Waals surface area contributed by atoms with E-state index in [0.717, 1.165) is 71.8 Å². The van der Waals surface area contributed by atoms with Crippen LogP contribution in [0.15, 0.2) is 84.9 Å². The second-order valence-corrected chi connectivity index (χ2v) is 13.9. The summed E-state index contributed by atoms with van der Waals surface area (Å²) in [5, 5.41) is 9.14. The van der Waals surface area contributed by atoms with E-state index in [1.165, 1.54) is 62.7 Å². The molecule has 9 heteroatoms. The fraction of sp³-hybridized carbons (Fsp3) is 0.396. The van der Waals surface area contributed by atoms with E-state index in [1.807, 2.05) is 54.6 Å². The number of hydrogen-bond acceptors (Lipinski definition) is 8. The van der Waals surface area contributed by atoms with Crippen LogP contribution >= 0.6 is 0 Å². The van der Waals surface area contributed by atoms with Gasteiger partial charge in [0.15, 0.2) is 0 Å². The van der Waals surface area contributed by atoms with E-state index in [-0.39, 0.29) is 6.61 Å². The number of benzene rings is 4. The molecule has 0 unspecified atom stereocenters. The van der Waals surface area contributed by atoms with Gasteiger partial charge in [-0.05, 0) is 66.6 Å². The molecule has 0 radical (unpaired) electrons.